The van der Waals surface area contributed by atoms with Gasteiger partial charge >= 0.3 is 0 Å². The van der Waals surface area contributed by atoms with Crippen molar-refractivity contribution in [1.82, 2.24) is 29.3 Å². The molecule has 5 rings (SSSR count). The summed E-state index contributed by atoms with van der Waals surface area (Å²) >= 11 is 0. The number of aliphatic hydroxyl groups is 1. The van der Waals surface area contributed by atoms with Gasteiger partial charge in [0, 0.05) is 18.4 Å². The molecule has 0 atom stereocenters. The monoisotopic (exact) mass is 416 g/mol. The van der Waals surface area contributed by atoms with Crippen LogP contribution in [-0.4, -0.2) is 46.6 Å². The first-order valence-electron chi connectivity index (χ1n) is 10.4. The second-order valence-electron chi connectivity index (χ2n) is 7.92. The maximum Gasteiger partial charge on any atom is 0.223 e. The van der Waals surface area contributed by atoms with Gasteiger partial charge in [-0.05, 0) is 50.3 Å². The SMILES string of the molecule is Cc1cnc(N[C@H]2CC[C@H](O)CC2)nc1-c1cnc2ccc(Nc3cncnc3)cn12. The van der Waals surface area contributed by atoms with Gasteiger partial charge in [0.25, 0.3) is 0 Å². The lowest BCUT2D eigenvalue weighted by Crippen LogP contribution is -2.29. The number of imidazole rings is 1. The van der Waals surface area contributed by atoms with Crippen molar-refractivity contribution in [1.29, 1.82) is 0 Å². The van der Waals surface area contributed by atoms with Gasteiger partial charge in [0.15, 0.2) is 0 Å². The molecule has 9 heteroatoms. The molecule has 0 aliphatic heterocycles. The van der Waals surface area contributed by atoms with Crippen molar-refractivity contribution in [2.24, 2.45) is 0 Å². The highest BCUT2D eigenvalue weighted by Gasteiger charge is 2.20. The number of hydrogen-bond acceptors (Lipinski definition) is 8. The molecule has 158 valence electrons. The van der Waals surface area contributed by atoms with E-state index in [0.29, 0.717) is 5.95 Å². The molecule has 0 aromatic carbocycles. The molecule has 9 nitrogen and oxygen atoms in total. The maximum absolute atomic E-state index is 9.73. The Hall–Kier alpha value is -3.59. The van der Waals surface area contributed by atoms with E-state index in [9.17, 15) is 5.11 Å². The molecular weight excluding hydrogens is 392 g/mol. The Morgan fingerprint density at radius 2 is 1.77 bits per heavy atom. The van der Waals surface area contributed by atoms with E-state index in [1.165, 1.54) is 6.33 Å². The van der Waals surface area contributed by atoms with Gasteiger partial charge in [-0.3, -0.25) is 4.40 Å². The van der Waals surface area contributed by atoms with Gasteiger partial charge in [0.05, 0.1) is 47.5 Å². The number of pyridine rings is 1. The predicted octanol–water partition coefficient (Wildman–Crippen LogP) is 3.35. The van der Waals surface area contributed by atoms with Gasteiger partial charge in [0.1, 0.15) is 12.0 Å². The van der Waals surface area contributed by atoms with Gasteiger partial charge < -0.3 is 15.7 Å². The third kappa shape index (κ3) is 4.17. The number of fused-ring (bicyclic) bond motifs is 1. The summed E-state index contributed by atoms with van der Waals surface area (Å²) in [5.41, 5.74) is 5.24. The highest BCUT2D eigenvalue weighted by Crippen LogP contribution is 2.26. The van der Waals surface area contributed by atoms with Crippen LogP contribution in [0.1, 0.15) is 31.2 Å². The molecule has 0 bridgehead atoms. The molecule has 1 fully saturated rings. The van der Waals surface area contributed by atoms with Crippen molar-refractivity contribution in [3.8, 4) is 11.4 Å². The van der Waals surface area contributed by atoms with Crippen molar-refractivity contribution in [2.75, 3.05) is 10.6 Å². The Balaban J connectivity index is 1.45. The number of nitrogens with zero attached hydrogens (tertiary/aromatic N) is 6. The Morgan fingerprint density at radius 1 is 0.968 bits per heavy atom. The lowest BCUT2D eigenvalue weighted by Gasteiger charge is -2.26. The molecule has 3 N–H and O–H groups in total. The second kappa shape index (κ2) is 8.27. The zero-order valence-electron chi connectivity index (χ0n) is 17.2. The van der Waals surface area contributed by atoms with Gasteiger partial charge in [0.2, 0.25) is 5.95 Å². The molecule has 0 amide bonds. The average Bonchev–Trinajstić information content (AvgIpc) is 3.20. The minimum atomic E-state index is -0.184. The number of rotatable bonds is 5. The van der Waals surface area contributed by atoms with E-state index >= 15 is 0 Å². The standard InChI is InChI=1S/C22H24N8O/c1-14-8-26-22(28-15-2-5-18(31)6-3-15)29-21(14)19-11-25-20-7-4-16(12-30(19)20)27-17-9-23-13-24-10-17/h4,7-13,15,18,27,31H,2-3,5-6H2,1H3,(H,26,28,29)/t15-,18-. The zero-order chi connectivity index (χ0) is 21.2. The van der Waals surface area contributed by atoms with E-state index in [2.05, 4.69) is 30.6 Å². The molecule has 1 aliphatic carbocycles. The Labute approximate surface area is 179 Å². The topological polar surface area (TPSA) is 113 Å². The van der Waals surface area contributed by atoms with E-state index in [4.69, 9.17) is 4.98 Å². The summed E-state index contributed by atoms with van der Waals surface area (Å²) < 4.78 is 2.02. The fourth-order valence-electron chi connectivity index (χ4n) is 3.93. The quantitative estimate of drug-likeness (QED) is 0.454. The number of aryl methyl sites for hydroxylation is 1. The Bertz CT molecular complexity index is 1180. The Morgan fingerprint density at radius 3 is 2.58 bits per heavy atom. The van der Waals surface area contributed by atoms with Crippen LogP contribution < -0.4 is 10.6 Å². The van der Waals surface area contributed by atoms with Crippen molar-refractivity contribution in [3.05, 3.63) is 55.0 Å². The predicted molar refractivity (Wildman–Crippen MR) is 118 cm³/mol. The number of aromatic nitrogens is 6. The molecule has 0 saturated heterocycles. The van der Waals surface area contributed by atoms with Crippen LogP contribution in [0.2, 0.25) is 0 Å². The third-order valence-electron chi connectivity index (χ3n) is 5.60. The first-order valence-corrected chi connectivity index (χ1v) is 10.4. The number of hydrogen-bond donors (Lipinski definition) is 3. The zero-order valence-corrected chi connectivity index (χ0v) is 17.2. The molecule has 4 aromatic heterocycles. The summed E-state index contributed by atoms with van der Waals surface area (Å²) in [6, 6.07) is 4.21. The van der Waals surface area contributed by atoms with Crippen LogP contribution in [0.5, 0.6) is 0 Å². The molecule has 1 saturated carbocycles. The van der Waals surface area contributed by atoms with Gasteiger partial charge in [-0.1, -0.05) is 0 Å². The largest absolute Gasteiger partial charge is 0.393 e. The van der Waals surface area contributed by atoms with Crippen LogP contribution in [0, 0.1) is 6.92 Å². The molecule has 4 heterocycles. The fraction of sp³-hybridized carbons (Fsp3) is 0.318. The third-order valence-corrected chi connectivity index (χ3v) is 5.60. The first kappa shape index (κ1) is 19.4. The van der Waals surface area contributed by atoms with Crippen LogP contribution in [0.4, 0.5) is 17.3 Å². The number of aliphatic hydroxyl groups excluding tert-OH is 1. The van der Waals surface area contributed by atoms with Gasteiger partial charge in [-0.2, -0.15) is 0 Å². The molecule has 0 radical (unpaired) electrons. The van der Waals surface area contributed by atoms with Crippen molar-refractivity contribution < 1.29 is 5.11 Å². The van der Waals surface area contributed by atoms with Crippen LogP contribution >= 0.6 is 0 Å². The summed E-state index contributed by atoms with van der Waals surface area (Å²) in [6.07, 6.45) is 13.9. The van der Waals surface area contributed by atoms with E-state index in [-0.39, 0.29) is 12.1 Å². The fourth-order valence-corrected chi connectivity index (χ4v) is 3.93. The normalized spacial score (nSPS) is 18.8. The van der Waals surface area contributed by atoms with Crippen molar-refractivity contribution in [3.63, 3.8) is 0 Å². The van der Waals surface area contributed by atoms with Gasteiger partial charge in [-0.15, -0.1) is 0 Å². The smallest absolute Gasteiger partial charge is 0.223 e. The number of anilines is 3. The average molecular weight is 416 g/mol. The van der Waals surface area contributed by atoms with Crippen molar-refractivity contribution >= 4 is 23.0 Å². The summed E-state index contributed by atoms with van der Waals surface area (Å²) in [7, 11) is 0. The second-order valence-corrected chi connectivity index (χ2v) is 7.92. The van der Waals surface area contributed by atoms with Crippen molar-refractivity contribution in [2.45, 2.75) is 44.8 Å². The summed E-state index contributed by atoms with van der Waals surface area (Å²) in [5.74, 6) is 0.604. The van der Waals surface area contributed by atoms with Crippen LogP contribution in [0.15, 0.2) is 49.4 Å². The van der Waals surface area contributed by atoms with Crippen LogP contribution in [-0.2, 0) is 0 Å². The minimum Gasteiger partial charge on any atom is -0.393 e. The van der Waals surface area contributed by atoms with Gasteiger partial charge in [-0.25, -0.2) is 24.9 Å². The highest BCUT2D eigenvalue weighted by atomic mass is 16.3. The van der Waals surface area contributed by atoms with Crippen LogP contribution in [0.25, 0.3) is 17.0 Å². The molecule has 31 heavy (non-hydrogen) atoms. The molecular formula is C22H24N8O. The van der Waals surface area contributed by atoms with E-state index in [1.807, 2.05) is 42.0 Å². The lowest BCUT2D eigenvalue weighted by atomic mass is 9.93. The molecule has 1 aliphatic rings. The Kier molecular flexibility index (Phi) is 5.17. The van der Waals surface area contributed by atoms with E-state index < -0.39 is 0 Å². The van der Waals surface area contributed by atoms with Crippen LogP contribution in [0.3, 0.4) is 0 Å². The molecule has 0 unspecified atom stereocenters. The minimum absolute atomic E-state index is 0.184. The summed E-state index contributed by atoms with van der Waals surface area (Å²) in [5, 5.41) is 16.5. The molecule has 4 aromatic rings. The maximum atomic E-state index is 9.73. The van der Waals surface area contributed by atoms with E-state index in [0.717, 1.165) is 59.7 Å². The number of nitrogens with one attached hydrogen (secondary N) is 2. The lowest BCUT2D eigenvalue weighted by molar-refractivity contribution is 0.126. The highest BCUT2D eigenvalue weighted by molar-refractivity contribution is 5.67. The molecule has 0 spiro atoms. The summed E-state index contributed by atoms with van der Waals surface area (Å²) in [4.78, 5) is 21.9. The van der Waals surface area contributed by atoms with E-state index in [1.54, 1.807) is 12.4 Å². The first-order chi connectivity index (χ1) is 15.2. The summed E-state index contributed by atoms with van der Waals surface area (Å²) in [6.45, 7) is 2.00.